The first kappa shape index (κ1) is 25.6. The summed E-state index contributed by atoms with van der Waals surface area (Å²) in [5.41, 5.74) is 2.87. The molecule has 0 radical (unpaired) electrons. The van der Waals surface area contributed by atoms with Gasteiger partial charge in [0.25, 0.3) is 5.56 Å². The van der Waals surface area contributed by atoms with Crippen molar-refractivity contribution in [1.29, 1.82) is 0 Å². The molecular weight excluding hydrogens is 432 g/mol. The Morgan fingerprint density at radius 2 is 2.09 bits per heavy atom. The Morgan fingerprint density at radius 1 is 1.30 bits per heavy atom. The van der Waals surface area contributed by atoms with E-state index < -0.39 is 0 Å². The monoisotopic (exact) mass is 472 g/mol. The molecule has 0 saturated carbocycles. The summed E-state index contributed by atoms with van der Waals surface area (Å²) in [6, 6.07) is 8.44. The van der Waals surface area contributed by atoms with E-state index in [0.29, 0.717) is 24.3 Å². The average Bonchev–Trinajstić information content (AvgIpc) is 2.77. The molecule has 0 amide bonds. The Morgan fingerprint density at radius 3 is 2.82 bits per heavy atom. The molecule has 2 heterocycles. The van der Waals surface area contributed by atoms with E-state index in [1.807, 2.05) is 24.8 Å². The molecule has 1 aliphatic rings. The fourth-order valence-corrected chi connectivity index (χ4v) is 4.86. The maximum atomic E-state index is 12.4. The number of benzene rings is 1. The molecule has 33 heavy (non-hydrogen) atoms. The first-order chi connectivity index (χ1) is 15.9. The van der Waals surface area contributed by atoms with Crippen molar-refractivity contribution in [2.45, 2.75) is 65.2 Å². The van der Waals surface area contributed by atoms with Crippen molar-refractivity contribution < 1.29 is 4.74 Å². The van der Waals surface area contributed by atoms with Crippen LogP contribution in [0, 0.1) is 12.8 Å². The Bertz CT molecular complexity index is 923. The van der Waals surface area contributed by atoms with Gasteiger partial charge in [-0.25, -0.2) is 4.98 Å². The highest BCUT2D eigenvalue weighted by Gasteiger charge is 2.15. The fraction of sp³-hybridized carbons (Fsp3) is 0.615. The number of hydrogen-bond donors (Lipinski definition) is 2. The van der Waals surface area contributed by atoms with Crippen LogP contribution in [-0.2, 0) is 13.0 Å². The zero-order chi connectivity index (χ0) is 23.6. The van der Waals surface area contributed by atoms with E-state index >= 15 is 0 Å². The molecule has 0 atom stereocenters. The van der Waals surface area contributed by atoms with Gasteiger partial charge >= 0.3 is 0 Å². The van der Waals surface area contributed by atoms with Gasteiger partial charge in [0.1, 0.15) is 5.75 Å². The zero-order valence-corrected chi connectivity index (χ0v) is 21.5. The minimum atomic E-state index is -0.0365. The number of hydrogen-bond acceptors (Lipinski definition) is 6. The Hall–Kier alpha value is -1.99. The Labute approximate surface area is 202 Å². The van der Waals surface area contributed by atoms with Gasteiger partial charge in [-0.05, 0) is 80.3 Å². The maximum Gasteiger partial charge on any atom is 0.255 e. The topological polar surface area (TPSA) is 70.2 Å². The SMILES string of the molecule is Cc1nc(NCCCOc2cccc(CN3CCC(C)CC3)c2)[nH]c(=O)c1CCSC(C)C. The highest BCUT2D eigenvalue weighted by Crippen LogP contribution is 2.20. The molecule has 1 aromatic carbocycles. The predicted molar refractivity (Wildman–Crippen MR) is 140 cm³/mol. The van der Waals surface area contributed by atoms with Crippen LogP contribution in [0.1, 0.15) is 56.9 Å². The predicted octanol–water partition coefficient (Wildman–Crippen LogP) is 4.88. The minimum absolute atomic E-state index is 0.0365. The smallest absolute Gasteiger partial charge is 0.255 e. The van der Waals surface area contributed by atoms with Crippen LogP contribution in [0.25, 0.3) is 0 Å². The minimum Gasteiger partial charge on any atom is -0.494 e. The summed E-state index contributed by atoms with van der Waals surface area (Å²) in [7, 11) is 0. The fourth-order valence-electron chi connectivity index (χ4n) is 4.07. The van der Waals surface area contributed by atoms with Crippen molar-refractivity contribution in [3.05, 3.63) is 51.4 Å². The van der Waals surface area contributed by atoms with Gasteiger partial charge in [-0.3, -0.25) is 14.7 Å². The number of nitrogens with zero attached hydrogens (tertiary/aromatic N) is 2. The van der Waals surface area contributed by atoms with Gasteiger partial charge in [0.2, 0.25) is 5.95 Å². The van der Waals surface area contributed by atoms with Crippen LogP contribution in [0.3, 0.4) is 0 Å². The third-order valence-electron chi connectivity index (χ3n) is 6.09. The first-order valence-corrected chi connectivity index (χ1v) is 13.3. The second-order valence-corrected chi connectivity index (χ2v) is 11.1. The van der Waals surface area contributed by atoms with Crippen molar-refractivity contribution in [1.82, 2.24) is 14.9 Å². The van der Waals surface area contributed by atoms with Gasteiger partial charge in [0.15, 0.2) is 0 Å². The highest BCUT2D eigenvalue weighted by molar-refractivity contribution is 7.99. The van der Waals surface area contributed by atoms with Crippen LogP contribution in [0.2, 0.25) is 0 Å². The second-order valence-electron chi connectivity index (χ2n) is 9.38. The van der Waals surface area contributed by atoms with E-state index in [0.717, 1.165) is 48.1 Å². The van der Waals surface area contributed by atoms with Crippen LogP contribution in [0.15, 0.2) is 29.1 Å². The van der Waals surface area contributed by atoms with Crippen LogP contribution < -0.4 is 15.6 Å². The molecule has 1 fully saturated rings. The largest absolute Gasteiger partial charge is 0.494 e. The van der Waals surface area contributed by atoms with Crippen molar-refractivity contribution in [3.8, 4) is 5.75 Å². The lowest BCUT2D eigenvalue weighted by atomic mass is 9.99. The summed E-state index contributed by atoms with van der Waals surface area (Å²) >= 11 is 1.86. The number of thioether (sulfide) groups is 1. The van der Waals surface area contributed by atoms with E-state index in [4.69, 9.17) is 4.74 Å². The molecule has 1 aliphatic heterocycles. The molecule has 0 aliphatic carbocycles. The zero-order valence-electron chi connectivity index (χ0n) is 20.7. The summed E-state index contributed by atoms with van der Waals surface area (Å²) in [5.74, 6) is 3.25. The van der Waals surface area contributed by atoms with Gasteiger partial charge in [0, 0.05) is 24.3 Å². The summed E-state index contributed by atoms with van der Waals surface area (Å²) in [6.45, 7) is 13.3. The van der Waals surface area contributed by atoms with Crippen LogP contribution in [-0.4, -0.2) is 52.1 Å². The number of aromatic amines is 1. The van der Waals surface area contributed by atoms with E-state index in [2.05, 4.69) is 59.2 Å². The number of ether oxygens (including phenoxy) is 1. The summed E-state index contributed by atoms with van der Waals surface area (Å²) < 4.78 is 5.97. The third kappa shape index (κ3) is 8.70. The Kier molecular flexibility index (Phi) is 10.1. The van der Waals surface area contributed by atoms with Crippen molar-refractivity contribution in [2.24, 2.45) is 5.92 Å². The quantitative estimate of drug-likeness (QED) is 0.429. The number of aryl methyl sites for hydroxylation is 1. The standard InChI is InChI=1S/C26H40N4O2S/c1-19(2)33-16-11-24-21(4)28-26(29-25(24)31)27-12-6-15-32-23-8-5-7-22(17-23)18-30-13-9-20(3)10-14-30/h5,7-8,17,19-20H,6,9-16,18H2,1-4H3,(H2,27,28,29,31). The maximum absolute atomic E-state index is 12.4. The molecular formula is C26H40N4O2S. The molecule has 6 nitrogen and oxygen atoms in total. The molecule has 1 saturated heterocycles. The van der Waals surface area contributed by atoms with Crippen LogP contribution >= 0.6 is 11.8 Å². The lowest BCUT2D eigenvalue weighted by Crippen LogP contribution is -2.32. The van der Waals surface area contributed by atoms with Gasteiger partial charge in [-0.15, -0.1) is 0 Å². The molecule has 1 aromatic heterocycles. The van der Waals surface area contributed by atoms with E-state index in [1.54, 1.807) is 0 Å². The van der Waals surface area contributed by atoms with Crippen molar-refractivity contribution in [3.63, 3.8) is 0 Å². The normalized spacial score (nSPS) is 15.2. The summed E-state index contributed by atoms with van der Waals surface area (Å²) in [6.07, 6.45) is 4.16. The molecule has 2 aromatic rings. The van der Waals surface area contributed by atoms with E-state index in [-0.39, 0.29) is 5.56 Å². The lowest BCUT2D eigenvalue weighted by Gasteiger charge is -2.30. The number of nitrogens with one attached hydrogen (secondary N) is 2. The van der Waals surface area contributed by atoms with Gasteiger partial charge in [0.05, 0.1) is 6.61 Å². The summed E-state index contributed by atoms with van der Waals surface area (Å²) in [4.78, 5) is 22.4. The number of anilines is 1. The Balaban J connectivity index is 1.39. The molecule has 0 bridgehead atoms. The van der Waals surface area contributed by atoms with Gasteiger partial charge in [-0.2, -0.15) is 11.8 Å². The molecule has 2 N–H and O–H groups in total. The van der Waals surface area contributed by atoms with Crippen molar-refractivity contribution >= 4 is 17.7 Å². The van der Waals surface area contributed by atoms with Crippen molar-refractivity contribution in [2.75, 3.05) is 37.3 Å². The number of rotatable bonds is 12. The third-order valence-corrected chi connectivity index (χ3v) is 7.20. The number of piperidine rings is 1. The molecule has 7 heteroatoms. The number of H-pyrrole nitrogens is 1. The van der Waals surface area contributed by atoms with Gasteiger partial charge in [-0.1, -0.05) is 32.9 Å². The van der Waals surface area contributed by atoms with Crippen LogP contribution in [0.4, 0.5) is 5.95 Å². The molecule has 3 rings (SSSR count). The average molecular weight is 473 g/mol. The van der Waals surface area contributed by atoms with Crippen LogP contribution in [0.5, 0.6) is 5.75 Å². The number of likely N-dealkylation sites (tertiary alicyclic amines) is 1. The molecule has 182 valence electrons. The number of aromatic nitrogens is 2. The van der Waals surface area contributed by atoms with Gasteiger partial charge < -0.3 is 10.1 Å². The van der Waals surface area contributed by atoms with E-state index in [1.165, 1.54) is 31.5 Å². The lowest BCUT2D eigenvalue weighted by molar-refractivity contribution is 0.185. The first-order valence-electron chi connectivity index (χ1n) is 12.3. The highest BCUT2D eigenvalue weighted by atomic mass is 32.2. The molecule has 0 spiro atoms. The second kappa shape index (κ2) is 13.0. The molecule has 0 unspecified atom stereocenters. The van der Waals surface area contributed by atoms with E-state index in [9.17, 15) is 4.79 Å². The summed E-state index contributed by atoms with van der Waals surface area (Å²) in [5, 5.41) is 3.80.